The first-order valence-electron chi connectivity index (χ1n) is 6.62. The number of carbonyl (C=O) groups is 2. The maximum Gasteiger partial charge on any atom is 0.326 e. The van der Waals surface area contributed by atoms with E-state index < -0.39 is 24.1 Å². The second-order valence-electron chi connectivity index (χ2n) is 5.12. The number of halogens is 1. The maximum absolute atomic E-state index is 12.2. The first-order chi connectivity index (χ1) is 9.88. The first kappa shape index (κ1) is 15.8. The van der Waals surface area contributed by atoms with Crippen LogP contribution in [0.2, 0.25) is 0 Å². The number of hydrogen-bond acceptors (Lipinski definition) is 3. The number of carboxylic acid groups (broad SMARTS) is 1. The molecule has 1 aliphatic rings. The van der Waals surface area contributed by atoms with E-state index >= 15 is 0 Å². The van der Waals surface area contributed by atoms with Crippen molar-refractivity contribution >= 4 is 27.9 Å². The van der Waals surface area contributed by atoms with Gasteiger partial charge in [0.1, 0.15) is 6.04 Å². The van der Waals surface area contributed by atoms with Crippen LogP contribution in [0.1, 0.15) is 24.9 Å². The number of aliphatic carboxylic acids is 1. The highest BCUT2D eigenvalue weighted by Crippen LogP contribution is 2.20. The van der Waals surface area contributed by atoms with Crippen molar-refractivity contribution < 1.29 is 19.8 Å². The van der Waals surface area contributed by atoms with Gasteiger partial charge in [0.25, 0.3) is 0 Å². The first-order valence-corrected chi connectivity index (χ1v) is 7.41. The van der Waals surface area contributed by atoms with Crippen LogP contribution in [0.4, 0.5) is 4.79 Å². The van der Waals surface area contributed by atoms with E-state index in [0.717, 1.165) is 10.0 Å². The topological polar surface area (TPSA) is 89.9 Å². The number of aliphatic hydroxyl groups excluding tert-OH is 1. The van der Waals surface area contributed by atoms with Crippen molar-refractivity contribution in [2.75, 3.05) is 6.54 Å². The van der Waals surface area contributed by atoms with Gasteiger partial charge in [0.2, 0.25) is 0 Å². The summed E-state index contributed by atoms with van der Waals surface area (Å²) >= 11 is 3.34. The number of carboxylic acids is 1. The van der Waals surface area contributed by atoms with Crippen LogP contribution in [0.15, 0.2) is 28.7 Å². The Morgan fingerprint density at radius 1 is 1.38 bits per heavy atom. The third kappa shape index (κ3) is 3.74. The summed E-state index contributed by atoms with van der Waals surface area (Å²) in [6, 6.07) is 5.80. The molecule has 1 fully saturated rings. The molecule has 1 heterocycles. The fraction of sp³-hybridized carbons (Fsp3) is 0.429. The van der Waals surface area contributed by atoms with Crippen molar-refractivity contribution in [3.63, 3.8) is 0 Å². The molecule has 2 amide bonds. The minimum atomic E-state index is -1.10. The van der Waals surface area contributed by atoms with Crippen LogP contribution in [0.3, 0.4) is 0 Å². The number of likely N-dealkylation sites (tertiary alicyclic amines) is 1. The predicted octanol–water partition coefficient (Wildman–Crippen LogP) is 1.74. The molecule has 0 spiro atoms. The Morgan fingerprint density at radius 3 is 2.57 bits per heavy atom. The molecule has 21 heavy (non-hydrogen) atoms. The Labute approximate surface area is 130 Å². The second-order valence-corrected chi connectivity index (χ2v) is 6.03. The SMILES string of the molecule is CC(NC(=O)N1C[C@@H](O)C[C@H]1C(=O)O)c1ccc(Br)cc1. The van der Waals surface area contributed by atoms with E-state index in [4.69, 9.17) is 5.11 Å². The molecule has 0 aliphatic carbocycles. The molecule has 1 aliphatic heterocycles. The standard InChI is InChI=1S/C14H17BrN2O4/c1-8(9-2-4-10(15)5-3-9)16-14(21)17-7-11(18)6-12(17)13(19)20/h2-5,8,11-12,18H,6-7H2,1H3,(H,16,21)(H,19,20)/t8?,11-,12-/m0/s1. The molecule has 0 radical (unpaired) electrons. The molecule has 0 aromatic heterocycles. The van der Waals surface area contributed by atoms with Crippen molar-refractivity contribution in [3.05, 3.63) is 34.3 Å². The van der Waals surface area contributed by atoms with Gasteiger partial charge < -0.3 is 20.4 Å². The van der Waals surface area contributed by atoms with E-state index in [1.54, 1.807) is 0 Å². The smallest absolute Gasteiger partial charge is 0.326 e. The summed E-state index contributed by atoms with van der Waals surface area (Å²) in [6.45, 7) is 1.86. The quantitative estimate of drug-likeness (QED) is 0.769. The Morgan fingerprint density at radius 2 is 2.00 bits per heavy atom. The van der Waals surface area contributed by atoms with Gasteiger partial charge in [-0.3, -0.25) is 0 Å². The van der Waals surface area contributed by atoms with Crippen LogP contribution in [0.25, 0.3) is 0 Å². The van der Waals surface area contributed by atoms with Crippen LogP contribution < -0.4 is 5.32 Å². The summed E-state index contributed by atoms with van der Waals surface area (Å²) in [6.07, 6.45) is -0.727. The monoisotopic (exact) mass is 356 g/mol. The zero-order valence-electron chi connectivity index (χ0n) is 11.5. The number of benzene rings is 1. The number of urea groups is 1. The molecule has 1 aromatic carbocycles. The lowest BCUT2D eigenvalue weighted by Gasteiger charge is -2.24. The average molecular weight is 357 g/mol. The van der Waals surface area contributed by atoms with Crippen LogP contribution in [-0.2, 0) is 4.79 Å². The molecule has 114 valence electrons. The van der Waals surface area contributed by atoms with Gasteiger partial charge in [-0.2, -0.15) is 0 Å². The molecule has 0 bridgehead atoms. The summed E-state index contributed by atoms with van der Waals surface area (Å²) in [4.78, 5) is 24.5. The van der Waals surface area contributed by atoms with Crippen LogP contribution >= 0.6 is 15.9 Å². The van der Waals surface area contributed by atoms with E-state index in [2.05, 4.69) is 21.2 Å². The number of hydrogen-bond donors (Lipinski definition) is 3. The second kappa shape index (κ2) is 6.44. The van der Waals surface area contributed by atoms with E-state index in [1.165, 1.54) is 4.90 Å². The van der Waals surface area contributed by atoms with Gasteiger partial charge in [0.05, 0.1) is 12.1 Å². The average Bonchev–Trinajstić information content (AvgIpc) is 2.82. The highest BCUT2D eigenvalue weighted by Gasteiger charge is 2.39. The van der Waals surface area contributed by atoms with E-state index in [1.807, 2.05) is 31.2 Å². The zero-order valence-corrected chi connectivity index (χ0v) is 13.1. The molecule has 6 nitrogen and oxygen atoms in total. The summed E-state index contributed by atoms with van der Waals surface area (Å²) in [5, 5.41) is 21.4. The van der Waals surface area contributed by atoms with Gasteiger partial charge in [-0.1, -0.05) is 28.1 Å². The number of nitrogens with one attached hydrogen (secondary N) is 1. The van der Waals surface area contributed by atoms with Gasteiger partial charge >= 0.3 is 12.0 Å². The highest BCUT2D eigenvalue weighted by atomic mass is 79.9. The lowest BCUT2D eigenvalue weighted by Crippen LogP contribution is -2.46. The number of β-amino-alcohol motifs (C(OH)–C–C–N with tert-alkyl or cyclic N) is 1. The minimum absolute atomic E-state index is 0.0376. The number of rotatable bonds is 3. The fourth-order valence-corrected chi connectivity index (χ4v) is 2.64. The Kier molecular flexibility index (Phi) is 4.84. The zero-order chi connectivity index (χ0) is 15.6. The van der Waals surface area contributed by atoms with Gasteiger partial charge in [0.15, 0.2) is 0 Å². The maximum atomic E-state index is 12.2. The van der Waals surface area contributed by atoms with Crippen molar-refractivity contribution in [1.29, 1.82) is 0 Å². The predicted molar refractivity (Wildman–Crippen MR) is 79.8 cm³/mol. The molecular formula is C14H17BrN2O4. The number of amides is 2. The van der Waals surface area contributed by atoms with Gasteiger partial charge in [-0.25, -0.2) is 9.59 Å². The van der Waals surface area contributed by atoms with Crippen molar-refractivity contribution in [2.24, 2.45) is 0 Å². The Balaban J connectivity index is 2.03. The van der Waals surface area contributed by atoms with Crippen molar-refractivity contribution in [3.8, 4) is 0 Å². The Bertz CT molecular complexity index is 534. The Hall–Kier alpha value is -1.60. The molecule has 3 atom stereocenters. The number of nitrogens with zero attached hydrogens (tertiary/aromatic N) is 1. The lowest BCUT2D eigenvalue weighted by molar-refractivity contribution is -0.141. The lowest BCUT2D eigenvalue weighted by atomic mass is 10.1. The van der Waals surface area contributed by atoms with E-state index in [0.29, 0.717) is 0 Å². The molecule has 0 saturated carbocycles. The third-order valence-corrected chi connectivity index (χ3v) is 4.06. The minimum Gasteiger partial charge on any atom is -0.480 e. The molecule has 3 N–H and O–H groups in total. The van der Waals surface area contributed by atoms with E-state index in [9.17, 15) is 14.7 Å². The summed E-state index contributed by atoms with van der Waals surface area (Å²) in [5.74, 6) is -1.10. The summed E-state index contributed by atoms with van der Waals surface area (Å²) in [7, 11) is 0. The third-order valence-electron chi connectivity index (χ3n) is 3.53. The molecule has 7 heteroatoms. The van der Waals surface area contributed by atoms with Gasteiger partial charge in [-0.15, -0.1) is 0 Å². The normalized spacial score (nSPS) is 22.9. The molecule has 1 aromatic rings. The number of aliphatic hydroxyl groups is 1. The van der Waals surface area contributed by atoms with Crippen LogP contribution in [0.5, 0.6) is 0 Å². The highest BCUT2D eigenvalue weighted by molar-refractivity contribution is 9.10. The summed E-state index contributed by atoms with van der Waals surface area (Å²) < 4.78 is 0.943. The molecule has 1 saturated heterocycles. The fourth-order valence-electron chi connectivity index (χ4n) is 2.38. The van der Waals surface area contributed by atoms with Crippen LogP contribution in [0, 0.1) is 0 Å². The largest absolute Gasteiger partial charge is 0.480 e. The van der Waals surface area contributed by atoms with Gasteiger partial charge in [-0.05, 0) is 24.6 Å². The van der Waals surface area contributed by atoms with E-state index in [-0.39, 0.29) is 19.0 Å². The van der Waals surface area contributed by atoms with Crippen molar-refractivity contribution in [2.45, 2.75) is 31.5 Å². The molecular weight excluding hydrogens is 340 g/mol. The number of carbonyl (C=O) groups excluding carboxylic acids is 1. The summed E-state index contributed by atoms with van der Waals surface area (Å²) in [5.41, 5.74) is 0.915. The van der Waals surface area contributed by atoms with Crippen LogP contribution in [-0.4, -0.2) is 45.8 Å². The molecule has 2 rings (SSSR count). The van der Waals surface area contributed by atoms with Gasteiger partial charge in [0, 0.05) is 17.4 Å². The van der Waals surface area contributed by atoms with Crippen molar-refractivity contribution in [1.82, 2.24) is 10.2 Å². The molecule has 1 unspecified atom stereocenters.